The van der Waals surface area contributed by atoms with Crippen LogP contribution < -0.4 is 0 Å². The van der Waals surface area contributed by atoms with Crippen molar-refractivity contribution in [3.05, 3.63) is 34.4 Å². The molecule has 0 aliphatic rings. The molecule has 0 aliphatic carbocycles. The van der Waals surface area contributed by atoms with Crippen LogP contribution >= 0.6 is 0 Å². The van der Waals surface area contributed by atoms with E-state index in [2.05, 4.69) is 0 Å². The van der Waals surface area contributed by atoms with E-state index in [1.807, 2.05) is 26.8 Å². The number of aryl methyl sites for hydroxylation is 1. The predicted molar refractivity (Wildman–Crippen MR) is 50.6 cm³/mol. The molecular weight excluding hydrogens is 162 g/mol. The maximum absolute atomic E-state index is 11.1. The second kappa shape index (κ2) is 3.40. The molecule has 0 N–H and O–H groups in total. The summed E-state index contributed by atoms with van der Waals surface area (Å²) in [5.74, 6) is -0.458. The Labute approximate surface area is 77.8 Å². The van der Waals surface area contributed by atoms with Gasteiger partial charge in [-0.1, -0.05) is 6.07 Å². The lowest BCUT2D eigenvalue weighted by atomic mass is 9.97. The summed E-state index contributed by atoms with van der Waals surface area (Å²) in [4.78, 5) is 11.1. The van der Waals surface area contributed by atoms with Gasteiger partial charge in [0, 0.05) is 5.56 Å². The smallest absolute Gasteiger partial charge is 0.262 e. The van der Waals surface area contributed by atoms with Crippen LogP contribution in [0.25, 0.3) is 0 Å². The first-order chi connectivity index (χ1) is 6.07. The van der Waals surface area contributed by atoms with E-state index < -0.39 is 5.78 Å². The molecule has 2 nitrogen and oxygen atoms in total. The van der Waals surface area contributed by atoms with Crippen LogP contribution in [0, 0.1) is 32.1 Å². The first kappa shape index (κ1) is 9.47. The van der Waals surface area contributed by atoms with Crippen LogP contribution in [0.15, 0.2) is 12.1 Å². The number of carbonyl (C=O) groups excluding carboxylic acids is 1. The third-order valence-corrected chi connectivity index (χ3v) is 2.40. The van der Waals surface area contributed by atoms with Crippen molar-refractivity contribution in [2.75, 3.05) is 0 Å². The highest BCUT2D eigenvalue weighted by atomic mass is 16.1. The van der Waals surface area contributed by atoms with E-state index in [1.54, 1.807) is 12.1 Å². The van der Waals surface area contributed by atoms with Crippen LogP contribution in [0.5, 0.6) is 0 Å². The number of benzene rings is 1. The Kier molecular flexibility index (Phi) is 2.48. The molecule has 0 heterocycles. The lowest BCUT2D eigenvalue weighted by Crippen LogP contribution is -2.00. The Bertz CT molecular complexity index is 399. The molecule has 0 spiro atoms. The monoisotopic (exact) mass is 173 g/mol. The molecule has 1 aromatic carbocycles. The standard InChI is InChI=1S/C11H11NO/c1-7-4-5-10(11(13)6-12)9(3)8(7)2/h4-5H,1-3H3. The van der Waals surface area contributed by atoms with Gasteiger partial charge in [-0.3, -0.25) is 4.79 Å². The lowest BCUT2D eigenvalue weighted by Gasteiger charge is -2.06. The highest BCUT2D eigenvalue weighted by Gasteiger charge is 2.09. The largest absolute Gasteiger partial charge is 0.277 e. The molecule has 0 aromatic heterocycles. The van der Waals surface area contributed by atoms with E-state index in [9.17, 15) is 4.79 Å². The van der Waals surface area contributed by atoms with Gasteiger partial charge in [-0.15, -0.1) is 0 Å². The third-order valence-electron chi connectivity index (χ3n) is 2.40. The van der Waals surface area contributed by atoms with Crippen molar-refractivity contribution in [1.29, 1.82) is 5.26 Å². The lowest BCUT2D eigenvalue weighted by molar-refractivity contribution is 0.105. The minimum absolute atomic E-state index is 0.458. The molecule has 1 rings (SSSR count). The van der Waals surface area contributed by atoms with Gasteiger partial charge in [-0.05, 0) is 43.5 Å². The number of nitrogens with zero attached hydrogens (tertiary/aromatic N) is 1. The normalized spacial score (nSPS) is 9.38. The Balaban J connectivity index is 3.36. The highest BCUT2D eigenvalue weighted by molar-refractivity contribution is 6.08. The summed E-state index contributed by atoms with van der Waals surface area (Å²) in [5.41, 5.74) is 3.66. The maximum Gasteiger partial charge on any atom is 0.262 e. The second-order valence-corrected chi connectivity index (χ2v) is 3.12. The number of nitriles is 1. The van der Waals surface area contributed by atoms with Gasteiger partial charge in [0.1, 0.15) is 6.07 Å². The molecule has 0 bridgehead atoms. The molecule has 13 heavy (non-hydrogen) atoms. The van der Waals surface area contributed by atoms with Gasteiger partial charge in [0.05, 0.1) is 0 Å². The van der Waals surface area contributed by atoms with Gasteiger partial charge in [0.15, 0.2) is 0 Å². The summed E-state index contributed by atoms with van der Waals surface area (Å²) in [6, 6.07) is 5.21. The van der Waals surface area contributed by atoms with E-state index in [0.29, 0.717) is 5.56 Å². The van der Waals surface area contributed by atoms with Crippen LogP contribution in [0.4, 0.5) is 0 Å². The number of carbonyl (C=O) groups is 1. The average molecular weight is 173 g/mol. The summed E-state index contributed by atoms with van der Waals surface area (Å²) in [6.45, 7) is 5.81. The fraction of sp³-hybridized carbons (Fsp3) is 0.273. The number of rotatable bonds is 1. The Hall–Kier alpha value is -1.62. The van der Waals surface area contributed by atoms with Crippen LogP contribution in [-0.4, -0.2) is 5.78 Å². The topological polar surface area (TPSA) is 40.9 Å². The molecule has 1 aromatic rings. The molecular formula is C11H11NO. The van der Waals surface area contributed by atoms with Crippen LogP contribution in [-0.2, 0) is 0 Å². The van der Waals surface area contributed by atoms with Gasteiger partial charge in [-0.25, -0.2) is 0 Å². The Morgan fingerprint density at radius 3 is 2.38 bits per heavy atom. The van der Waals surface area contributed by atoms with Gasteiger partial charge >= 0.3 is 0 Å². The molecule has 0 aliphatic heterocycles. The van der Waals surface area contributed by atoms with E-state index in [0.717, 1.165) is 16.7 Å². The molecule has 0 amide bonds. The maximum atomic E-state index is 11.1. The molecule has 66 valence electrons. The van der Waals surface area contributed by atoms with E-state index in [-0.39, 0.29) is 0 Å². The Morgan fingerprint density at radius 1 is 1.23 bits per heavy atom. The Morgan fingerprint density at radius 2 is 1.85 bits per heavy atom. The molecule has 0 fully saturated rings. The molecule has 0 saturated carbocycles. The first-order valence-electron chi connectivity index (χ1n) is 4.09. The zero-order valence-corrected chi connectivity index (χ0v) is 8.01. The van der Waals surface area contributed by atoms with E-state index >= 15 is 0 Å². The predicted octanol–water partition coefficient (Wildman–Crippen LogP) is 2.32. The number of ketones is 1. The van der Waals surface area contributed by atoms with Crippen LogP contribution in [0.3, 0.4) is 0 Å². The number of Topliss-reactive ketones (excluding diaryl/α,β-unsaturated/α-hetero) is 1. The van der Waals surface area contributed by atoms with Crippen LogP contribution in [0.1, 0.15) is 27.0 Å². The fourth-order valence-corrected chi connectivity index (χ4v) is 1.26. The molecule has 0 unspecified atom stereocenters. The molecule has 2 heteroatoms. The zero-order chi connectivity index (χ0) is 10.0. The van der Waals surface area contributed by atoms with Crippen molar-refractivity contribution in [1.82, 2.24) is 0 Å². The SMILES string of the molecule is Cc1ccc(C(=O)C#N)c(C)c1C. The van der Waals surface area contributed by atoms with Crippen LogP contribution in [0.2, 0.25) is 0 Å². The third kappa shape index (κ3) is 1.59. The molecule has 0 radical (unpaired) electrons. The summed E-state index contributed by atoms with van der Waals surface area (Å²) < 4.78 is 0. The molecule has 0 atom stereocenters. The van der Waals surface area contributed by atoms with Gasteiger partial charge in [-0.2, -0.15) is 5.26 Å². The highest BCUT2D eigenvalue weighted by Crippen LogP contribution is 2.17. The van der Waals surface area contributed by atoms with E-state index in [1.165, 1.54) is 0 Å². The second-order valence-electron chi connectivity index (χ2n) is 3.12. The van der Waals surface area contributed by atoms with Crippen molar-refractivity contribution < 1.29 is 4.79 Å². The minimum atomic E-state index is -0.458. The zero-order valence-electron chi connectivity index (χ0n) is 8.01. The molecule has 0 saturated heterocycles. The van der Waals surface area contributed by atoms with Crippen molar-refractivity contribution in [3.63, 3.8) is 0 Å². The summed E-state index contributed by atoms with van der Waals surface area (Å²) in [6.07, 6.45) is 0. The van der Waals surface area contributed by atoms with Gasteiger partial charge < -0.3 is 0 Å². The van der Waals surface area contributed by atoms with Crippen molar-refractivity contribution in [3.8, 4) is 6.07 Å². The quantitative estimate of drug-likeness (QED) is 0.483. The number of hydrogen-bond acceptors (Lipinski definition) is 2. The number of hydrogen-bond donors (Lipinski definition) is 0. The van der Waals surface area contributed by atoms with Crippen molar-refractivity contribution in [2.24, 2.45) is 0 Å². The summed E-state index contributed by atoms with van der Waals surface area (Å²) in [5, 5.41) is 8.47. The van der Waals surface area contributed by atoms with Gasteiger partial charge in [0.25, 0.3) is 5.78 Å². The first-order valence-corrected chi connectivity index (χ1v) is 4.09. The van der Waals surface area contributed by atoms with Crippen molar-refractivity contribution >= 4 is 5.78 Å². The van der Waals surface area contributed by atoms with Gasteiger partial charge in [0.2, 0.25) is 0 Å². The summed E-state index contributed by atoms with van der Waals surface area (Å²) in [7, 11) is 0. The van der Waals surface area contributed by atoms with E-state index in [4.69, 9.17) is 5.26 Å². The fourth-order valence-electron chi connectivity index (χ4n) is 1.26. The minimum Gasteiger partial charge on any atom is -0.277 e. The van der Waals surface area contributed by atoms with Crippen molar-refractivity contribution in [2.45, 2.75) is 20.8 Å². The average Bonchev–Trinajstić information content (AvgIpc) is 2.13. The summed E-state index contributed by atoms with van der Waals surface area (Å²) >= 11 is 0.